The molecule has 0 unspecified atom stereocenters. The molecule has 3 aromatic rings. The molecule has 3 rings (SSSR count). The second kappa shape index (κ2) is 6.08. The molecule has 0 fully saturated rings. The van der Waals surface area contributed by atoms with Gasteiger partial charge >= 0.3 is 0 Å². The van der Waals surface area contributed by atoms with Crippen molar-refractivity contribution in [3.63, 3.8) is 0 Å². The van der Waals surface area contributed by atoms with Crippen LogP contribution in [-0.4, -0.2) is 5.91 Å². The van der Waals surface area contributed by atoms with Crippen molar-refractivity contribution in [1.82, 2.24) is 0 Å². The number of anilines is 1. The normalized spacial score (nSPS) is 10.9. The Hall–Kier alpha value is -3.09. The van der Waals surface area contributed by atoms with Crippen molar-refractivity contribution in [3.8, 4) is 0 Å². The lowest BCUT2D eigenvalue weighted by atomic mass is 10.1. The molecule has 1 aromatic heterocycles. The van der Waals surface area contributed by atoms with Crippen LogP contribution in [0.1, 0.15) is 21.7 Å². The van der Waals surface area contributed by atoms with Gasteiger partial charge in [-0.05, 0) is 31.0 Å². The summed E-state index contributed by atoms with van der Waals surface area (Å²) in [6, 6.07) is 5.68. The summed E-state index contributed by atoms with van der Waals surface area (Å²) in [5.41, 5.74) is 1.06. The van der Waals surface area contributed by atoms with E-state index in [4.69, 9.17) is 4.42 Å². The van der Waals surface area contributed by atoms with Gasteiger partial charge in [-0.2, -0.15) is 0 Å². The van der Waals surface area contributed by atoms with Gasteiger partial charge in [0.25, 0.3) is 5.91 Å². The molecule has 0 atom stereocenters. The SMILES string of the molecule is Cc1cc(C)c2oc(C(=O)Nc3cc(F)c(F)c(F)c3)cc(=O)c2c1. The summed E-state index contributed by atoms with van der Waals surface area (Å²) >= 11 is 0. The third-order valence-corrected chi connectivity index (χ3v) is 3.62. The van der Waals surface area contributed by atoms with Crippen LogP contribution >= 0.6 is 0 Å². The number of hydrogen-bond donors (Lipinski definition) is 1. The van der Waals surface area contributed by atoms with Gasteiger partial charge in [0.15, 0.2) is 28.6 Å². The van der Waals surface area contributed by atoms with Crippen LogP contribution in [-0.2, 0) is 0 Å². The number of halogens is 3. The Morgan fingerprint density at radius 3 is 2.28 bits per heavy atom. The van der Waals surface area contributed by atoms with E-state index in [0.717, 1.165) is 11.6 Å². The number of rotatable bonds is 2. The van der Waals surface area contributed by atoms with Gasteiger partial charge in [0.2, 0.25) is 0 Å². The van der Waals surface area contributed by atoms with Crippen molar-refractivity contribution in [2.45, 2.75) is 13.8 Å². The summed E-state index contributed by atoms with van der Waals surface area (Å²) in [5, 5.41) is 2.50. The van der Waals surface area contributed by atoms with E-state index in [2.05, 4.69) is 5.32 Å². The van der Waals surface area contributed by atoms with Gasteiger partial charge in [0.05, 0.1) is 5.39 Å². The van der Waals surface area contributed by atoms with E-state index in [0.29, 0.717) is 23.1 Å². The topological polar surface area (TPSA) is 59.3 Å². The molecule has 2 aromatic carbocycles. The van der Waals surface area contributed by atoms with Crippen LogP contribution in [0.4, 0.5) is 18.9 Å². The Morgan fingerprint density at radius 2 is 1.64 bits per heavy atom. The zero-order chi connectivity index (χ0) is 18.3. The fourth-order valence-corrected chi connectivity index (χ4v) is 2.54. The standard InChI is InChI=1S/C18H12F3NO3/c1-8-3-9(2)17-11(4-8)14(23)7-15(25-17)18(24)22-10-5-12(19)16(21)13(20)6-10/h3-7H,1-2H3,(H,22,24). The summed E-state index contributed by atoms with van der Waals surface area (Å²) in [5.74, 6) is -5.73. The molecule has 7 heteroatoms. The summed E-state index contributed by atoms with van der Waals surface area (Å²) in [6.07, 6.45) is 0. The zero-order valence-electron chi connectivity index (χ0n) is 13.2. The van der Waals surface area contributed by atoms with Crippen LogP contribution in [0.25, 0.3) is 11.0 Å². The number of benzene rings is 2. The molecule has 0 saturated heterocycles. The predicted molar refractivity (Wildman–Crippen MR) is 86.2 cm³/mol. The number of fused-ring (bicyclic) bond motifs is 1. The molecule has 0 spiro atoms. The first-order valence-electron chi connectivity index (χ1n) is 7.27. The largest absolute Gasteiger partial charge is 0.450 e. The highest BCUT2D eigenvalue weighted by Gasteiger charge is 2.16. The fraction of sp³-hybridized carbons (Fsp3) is 0.111. The number of nitrogens with one attached hydrogen (secondary N) is 1. The Kier molecular flexibility index (Phi) is 4.08. The summed E-state index contributed by atoms with van der Waals surface area (Å²) in [6.45, 7) is 3.55. The number of amides is 1. The molecule has 0 aliphatic heterocycles. The van der Waals surface area contributed by atoms with E-state index in [1.54, 1.807) is 19.1 Å². The third kappa shape index (κ3) is 3.13. The lowest BCUT2D eigenvalue weighted by Crippen LogP contribution is -2.15. The van der Waals surface area contributed by atoms with Gasteiger partial charge in [0.1, 0.15) is 5.58 Å². The van der Waals surface area contributed by atoms with E-state index >= 15 is 0 Å². The van der Waals surface area contributed by atoms with Crippen molar-refractivity contribution < 1.29 is 22.4 Å². The highest BCUT2D eigenvalue weighted by molar-refractivity contribution is 6.03. The van der Waals surface area contributed by atoms with Gasteiger partial charge in [-0.25, -0.2) is 13.2 Å². The average Bonchev–Trinajstić information content (AvgIpc) is 2.53. The van der Waals surface area contributed by atoms with Crippen molar-refractivity contribution >= 4 is 22.6 Å². The maximum atomic E-state index is 13.2. The van der Waals surface area contributed by atoms with Gasteiger partial charge in [-0.15, -0.1) is 0 Å². The molecule has 0 aliphatic rings. The quantitative estimate of drug-likeness (QED) is 0.711. The first-order valence-corrected chi connectivity index (χ1v) is 7.27. The first-order chi connectivity index (χ1) is 11.8. The van der Waals surface area contributed by atoms with Crippen LogP contribution in [0.5, 0.6) is 0 Å². The number of carbonyl (C=O) groups is 1. The van der Waals surface area contributed by atoms with E-state index in [1.807, 2.05) is 6.92 Å². The smallest absolute Gasteiger partial charge is 0.291 e. The molecule has 1 N–H and O–H groups in total. The van der Waals surface area contributed by atoms with Crippen molar-refractivity contribution in [2.75, 3.05) is 5.32 Å². The van der Waals surface area contributed by atoms with Crippen LogP contribution in [0, 0.1) is 31.3 Å². The number of aryl methyl sites for hydroxylation is 2. The highest BCUT2D eigenvalue weighted by Crippen LogP contribution is 2.21. The van der Waals surface area contributed by atoms with Crippen LogP contribution in [0.15, 0.2) is 39.5 Å². The second-order valence-electron chi connectivity index (χ2n) is 5.64. The van der Waals surface area contributed by atoms with Crippen molar-refractivity contribution in [3.05, 3.63) is 74.9 Å². The van der Waals surface area contributed by atoms with Gasteiger partial charge < -0.3 is 9.73 Å². The van der Waals surface area contributed by atoms with Gasteiger partial charge in [-0.3, -0.25) is 9.59 Å². The predicted octanol–water partition coefficient (Wildman–Crippen LogP) is 4.08. The Labute approximate surface area is 139 Å². The molecule has 0 saturated carbocycles. The number of carbonyl (C=O) groups excluding carboxylic acids is 1. The Morgan fingerprint density at radius 1 is 1.00 bits per heavy atom. The fourth-order valence-electron chi connectivity index (χ4n) is 2.54. The van der Waals surface area contributed by atoms with Crippen LogP contribution in [0.2, 0.25) is 0 Å². The minimum atomic E-state index is -1.64. The minimum absolute atomic E-state index is 0.250. The molecule has 128 valence electrons. The van der Waals surface area contributed by atoms with E-state index in [9.17, 15) is 22.8 Å². The molecule has 25 heavy (non-hydrogen) atoms. The molecule has 1 heterocycles. The second-order valence-corrected chi connectivity index (χ2v) is 5.64. The highest BCUT2D eigenvalue weighted by atomic mass is 19.2. The summed E-state index contributed by atoms with van der Waals surface area (Å²) in [4.78, 5) is 24.4. The van der Waals surface area contributed by atoms with E-state index < -0.39 is 28.8 Å². The average molecular weight is 347 g/mol. The first kappa shape index (κ1) is 16.8. The maximum Gasteiger partial charge on any atom is 0.291 e. The third-order valence-electron chi connectivity index (χ3n) is 3.62. The molecule has 1 amide bonds. The van der Waals surface area contributed by atoms with Gasteiger partial charge in [-0.1, -0.05) is 6.07 Å². The number of hydrogen-bond acceptors (Lipinski definition) is 3. The molecule has 0 aliphatic carbocycles. The zero-order valence-corrected chi connectivity index (χ0v) is 13.2. The van der Waals surface area contributed by atoms with Gasteiger partial charge in [0, 0.05) is 23.9 Å². The van der Waals surface area contributed by atoms with Crippen LogP contribution < -0.4 is 10.7 Å². The summed E-state index contributed by atoms with van der Waals surface area (Å²) in [7, 11) is 0. The molecule has 0 radical (unpaired) electrons. The monoisotopic (exact) mass is 347 g/mol. The molecule has 4 nitrogen and oxygen atoms in total. The van der Waals surface area contributed by atoms with Crippen molar-refractivity contribution in [2.24, 2.45) is 0 Å². The van der Waals surface area contributed by atoms with E-state index in [-0.39, 0.29) is 17.0 Å². The van der Waals surface area contributed by atoms with Crippen LogP contribution in [0.3, 0.4) is 0 Å². The Balaban J connectivity index is 2.02. The molecular weight excluding hydrogens is 335 g/mol. The maximum absolute atomic E-state index is 13.2. The Bertz CT molecular complexity index is 1050. The lowest BCUT2D eigenvalue weighted by molar-refractivity contribution is 0.0997. The van der Waals surface area contributed by atoms with E-state index in [1.165, 1.54) is 0 Å². The minimum Gasteiger partial charge on any atom is -0.450 e. The lowest BCUT2D eigenvalue weighted by Gasteiger charge is -2.08. The van der Waals surface area contributed by atoms with Crippen molar-refractivity contribution in [1.29, 1.82) is 0 Å². The molecular formula is C18H12F3NO3. The molecule has 0 bridgehead atoms. The summed E-state index contributed by atoms with van der Waals surface area (Å²) < 4.78 is 44.9.